The summed E-state index contributed by atoms with van der Waals surface area (Å²) >= 11 is 1.52. The van der Waals surface area contributed by atoms with Crippen LogP contribution in [0.25, 0.3) is 16.3 Å². The fourth-order valence-corrected chi connectivity index (χ4v) is 3.07. The molecule has 6 nitrogen and oxygen atoms in total. The van der Waals surface area contributed by atoms with Gasteiger partial charge in [-0.05, 0) is 36.3 Å². The molecular formula is C19H18FN5OS. The summed E-state index contributed by atoms with van der Waals surface area (Å²) < 4.78 is 13.3. The summed E-state index contributed by atoms with van der Waals surface area (Å²) in [5, 5.41) is 16.0. The van der Waals surface area contributed by atoms with E-state index in [9.17, 15) is 9.50 Å². The van der Waals surface area contributed by atoms with Crippen LogP contribution in [0.1, 0.15) is 10.7 Å². The number of aliphatic hydroxyl groups excluding tert-OH is 1. The van der Waals surface area contributed by atoms with Crippen LogP contribution in [0.4, 0.5) is 15.9 Å². The molecule has 0 amide bonds. The van der Waals surface area contributed by atoms with Gasteiger partial charge < -0.3 is 15.7 Å². The largest absolute Gasteiger partial charge is 0.389 e. The van der Waals surface area contributed by atoms with Crippen molar-refractivity contribution < 1.29 is 9.50 Å². The Morgan fingerprint density at radius 2 is 2.22 bits per heavy atom. The molecule has 2 heterocycles. The summed E-state index contributed by atoms with van der Waals surface area (Å²) in [5.74, 6) is 6.53. The highest BCUT2D eigenvalue weighted by molar-refractivity contribution is 7.19. The van der Waals surface area contributed by atoms with Gasteiger partial charge in [0.05, 0.1) is 28.7 Å². The molecule has 0 saturated heterocycles. The number of benzene rings is 1. The number of nitrogens with zero attached hydrogens (tertiary/aromatic N) is 3. The van der Waals surface area contributed by atoms with Crippen LogP contribution in [0, 0.1) is 11.8 Å². The maximum absolute atomic E-state index is 12.3. The molecule has 138 valence electrons. The van der Waals surface area contributed by atoms with Crippen molar-refractivity contribution in [3.8, 4) is 11.8 Å². The third kappa shape index (κ3) is 5.23. The predicted octanol–water partition coefficient (Wildman–Crippen LogP) is 2.94. The summed E-state index contributed by atoms with van der Waals surface area (Å²) in [7, 11) is 1.78. The average Bonchev–Trinajstić information content (AvgIpc) is 3.11. The molecule has 3 N–H and O–H groups in total. The topological polar surface area (TPSA) is 83.0 Å². The maximum Gasteiger partial charge on any atom is 0.144 e. The lowest BCUT2D eigenvalue weighted by Gasteiger charge is -2.09. The normalized spacial score (nSPS) is 12.0. The summed E-state index contributed by atoms with van der Waals surface area (Å²) in [4.78, 5) is 12.9. The number of anilines is 2. The fourth-order valence-electron chi connectivity index (χ4n) is 2.16. The Labute approximate surface area is 160 Å². The highest BCUT2D eigenvalue weighted by Gasteiger charge is 2.05. The second kappa shape index (κ2) is 9.07. The number of hydrogen-bond donors (Lipinski definition) is 3. The molecule has 0 saturated carbocycles. The number of halogens is 1. The first-order valence-electron chi connectivity index (χ1n) is 8.24. The lowest BCUT2D eigenvalue weighted by molar-refractivity contribution is 0.151. The zero-order valence-electron chi connectivity index (χ0n) is 14.6. The quantitative estimate of drug-likeness (QED) is 0.568. The molecule has 1 unspecified atom stereocenters. The van der Waals surface area contributed by atoms with E-state index in [-0.39, 0.29) is 6.54 Å². The Balaban J connectivity index is 1.66. The van der Waals surface area contributed by atoms with Gasteiger partial charge in [0.2, 0.25) is 0 Å². The van der Waals surface area contributed by atoms with Crippen molar-refractivity contribution in [3.05, 3.63) is 47.4 Å². The second-order valence-electron chi connectivity index (χ2n) is 5.56. The standard InChI is InChI=1S/C19H18FN5OS/c1-21-18-12-23-14(10-24-18)4-2-3-5-19-25-16-7-6-13(8-17(16)27-19)22-11-15(26)9-20/h3,5-8,10,12,15,22,26H,9,11H2,1H3,(H,21,24)/b5-3+. The smallest absolute Gasteiger partial charge is 0.144 e. The van der Waals surface area contributed by atoms with Gasteiger partial charge in [0.1, 0.15) is 23.2 Å². The Morgan fingerprint density at radius 3 is 2.96 bits per heavy atom. The number of hydrogen-bond acceptors (Lipinski definition) is 7. The third-order valence-electron chi connectivity index (χ3n) is 3.54. The van der Waals surface area contributed by atoms with E-state index in [1.54, 1.807) is 25.5 Å². The van der Waals surface area contributed by atoms with Crippen LogP contribution in [-0.2, 0) is 0 Å². The van der Waals surface area contributed by atoms with E-state index in [2.05, 4.69) is 37.4 Å². The van der Waals surface area contributed by atoms with Crippen molar-refractivity contribution in [1.29, 1.82) is 0 Å². The minimum Gasteiger partial charge on any atom is -0.389 e. The van der Waals surface area contributed by atoms with E-state index in [1.165, 1.54) is 11.3 Å². The van der Waals surface area contributed by atoms with Crippen molar-refractivity contribution in [2.75, 3.05) is 30.9 Å². The second-order valence-corrected chi connectivity index (χ2v) is 6.63. The van der Waals surface area contributed by atoms with E-state index in [4.69, 9.17) is 0 Å². The highest BCUT2D eigenvalue weighted by Crippen LogP contribution is 2.26. The lowest BCUT2D eigenvalue weighted by atomic mass is 10.3. The van der Waals surface area contributed by atoms with E-state index in [0.29, 0.717) is 11.5 Å². The van der Waals surface area contributed by atoms with Crippen molar-refractivity contribution in [2.24, 2.45) is 0 Å². The van der Waals surface area contributed by atoms with Gasteiger partial charge >= 0.3 is 0 Å². The van der Waals surface area contributed by atoms with Crippen LogP contribution in [0.15, 0.2) is 36.7 Å². The van der Waals surface area contributed by atoms with Gasteiger partial charge in [0, 0.05) is 19.3 Å². The Bertz CT molecular complexity index is 991. The van der Waals surface area contributed by atoms with Gasteiger partial charge in [0.25, 0.3) is 0 Å². The molecule has 1 aromatic carbocycles. The van der Waals surface area contributed by atoms with Gasteiger partial charge in [0.15, 0.2) is 0 Å². The number of alkyl halides is 1. The number of aliphatic hydroxyl groups is 1. The van der Waals surface area contributed by atoms with Gasteiger partial charge in [-0.3, -0.25) is 0 Å². The third-order valence-corrected chi connectivity index (χ3v) is 4.53. The Kier molecular flexibility index (Phi) is 6.30. The zero-order chi connectivity index (χ0) is 19.1. The SMILES string of the molecule is CNc1cnc(C#C/C=C/c2nc3ccc(NCC(O)CF)cc3s2)cn1. The van der Waals surface area contributed by atoms with Gasteiger partial charge in [-0.2, -0.15) is 0 Å². The van der Waals surface area contributed by atoms with Crippen molar-refractivity contribution in [1.82, 2.24) is 15.0 Å². The molecule has 1 atom stereocenters. The van der Waals surface area contributed by atoms with Crippen LogP contribution in [0.2, 0.25) is 0 Å². The number of fused-ring (bicyclic) bond motifs is 1. The molecule has 3 aromatic rings. The van der Waals surface area contributed by atoms with Crippen molar-refractivity contribution in [3.63, 3.8) is 0 Å². The average molecular weight is 383 g/mol. The Morgan fingerprint density at radius 1 is 1.33 bits per heavy atom. The van der Waals surface area contributed by atoms with E-state index < -0.39 is 12.8 Å². The minimum atomic E-state index is -1.00. The summed E-state index contributed by atoms with van der Waals surface area (Å²) in [6.07, 6.45) is 5.80. The molecule has 0 spiro atoms. The first-order valence-corrected chi connectivity index (χ1v) is 9.06. The summed E-state index contributed by atoms with van der Waals surface area (Å²) in [5.41, 5.74) is 2.28. The van der Waals surface area contributed by atoms with Crippen LogP contribution in [-0.4, -0.2) is 46.4 Å². The molecule has 2 aromatic heterocycles. The molecule has 27 heavy (non-hydrogen) atoms. The molecular weight excluding hydrogens is 365 g/mol. The van der Waals surface area contributed by atoms with Crippen molar-refractivity contribution in [2.45, 2.75) is 6.10 Å². The minimum absolute atomic E-state index is 0.168. The summed E-state index contributed by atoms with van der Waals surface area (Å²) in [6, 6.07) is 5.67. The predicted molar refractivity (Wildman–Crippen MR) is 108 cm³/mol. The molecule has 0 bridgehead atoms. The van der Waals surface area contributed by atoms with E-state index in [1.807, 2.05) is 24.3 Å². The molecule has 0 aliphatic rings. The van der Waals surface area contributed by atoms with Crippen molar-refractivity contribution >= 4 is 39.1 Å². The fraction of sp³-hybridized carbons (Fsp3) is 0.211. The van der Waals surface area contributed by atoms with Gasteiger partial charge in [-0.1, -0.05) is 5.92 Å². The van der Waals surface area contributed by atoms with E-state index >= 15 is 0 Å². The van der Waals surface area contributed by atoms with Gasteiger partial charge in [-0.15, -0.1) is 11.3 Å². The number of aromatic nitrogens is 3. The molecule has 0 fully saturated rings. The monoisotopic (exact) mass is 383 g/mol. The molecule has 8 heteroatoms. The van der Waals surface area contributed by atoms with Crippen LogP contribution >= 0.6 is 11.3 Å². The first-order chi connectivity index (χ1) is 13.2. The molecule has 3 rings (SSSR count). The molecule has 0 radical (unpaired) electrons. The number of nitrogens with one attached hydrogen (secondary N) is 2. The Hall–Kier alpha value is -3.02. The number of rotatable bonds is 6. The van der Waals surface area contributed by atoms with Crippen LogP contribution in [0.5, 0.6) is 0 Å². The maximum atomic E-state index is 12.3. The van der Waals surface area contributed by atoms with Crippen LogP contribution in [0.3, 0.4) is 0 Å². The zero-order valence-corrected chi connectivity index (χ0v) is 15.4. The molecule has 0 aliphatic heterocycles. The first kappa shape index (κ1) is 18.8. The number of allylic oxidation sites excluding steroid dienone is 1. The number of thiazole rings is 1. The highest BCUT2D eigenvalue weighted by atomic mass is 32.1. The summed E-state index contributed by atoms with van der Waals surface area (Å²) in [6.45, 7) is -0.599. The van der Waals surface area contributed by atoms with Crippen LogP contribution < -0.4 is 10.6 Å². The van der Waals surface area contributed by atoms with Gasteiger partial charge in [-0.25, -0.2) is 19.3 Å². The lowest BCUT2D eigenvalue weighted by Crippen LogP contribution is -2.21. The molecule has 0 aliphatic carbocycles. The van der Waals surface area contributed by atoms with E-state index in [0.717, 1.165) is 20.9 Å².